The zero-order valence-electron chi connectivity index (χ0n) is 11.4. The molecule has 20 heavy (non-hydrogen) atoms. The minimum absolute atomic E-state index is 0.107. The normalized spacial score (nSPS) is 12.1. The van der Waals surface area contributed by atoms with E-state index in [-0.39, 0.29) is 18.7 Å². The molecule has 0 saturated carbocycles. The van der Waals surface area contributed by atoms with Gasteiger partial charge in [0.1, 0.15) is 0 Å². The summed E-state index contributed by atoms with van der Waals surface area (Å²) in [6, 6.07) is 3.08. The molecule has 1 amide bonds. The van der Waals surface area contributed by atoms with Gasteiger partial charge >= 0.3 is 5.97 Å². The number of carbonyl (C=O) groups excluding carboxylic acids is 1. The van der Waals surface area contributed by atoms with Crippen LogP contribution in [-0.2, 0) is 20.9 Å². The van der Waals surface area contributed by atoms with Gasteiger partial charge in [-0.3, -0.25) is 9.59 Å². The molecule has 112 valence electrons. The third-order valence-electron chi connectivity index (χ3n) is 2.79. The maximum Gasteiger partial charge on any atom is 0.303 e. The molecule has 0 radical (unpaired) electrons. The van der Waals surface area contributed by atoms with Gasteiger partial charge in [-0.05, 0) is 17.9 Å². The topological polar surface area (TPSA) is 92.9 Å². The molecule has 1 aromatic rings. The van der Waals surface area contributed by atoms with E-state index in [9.17, 15) is 9.59 Å². The van der Waals surface area contributed by atoms with Gasteiger partial charge in [0.2, 0.25) is 5.91 Å². The minimum Gasteiger partial charge on any atom is -0.481 e. The van der Waals surface area contributed by atoms with Crippen LogP contribution < -0.4 is 5.73 Å². The average molecular weight is 300 g/mol. The van der Waals surface area contributed by atoms with E-state index < -0.39 is 12.0 Å². The van der Waals surface area contributed by atoms with Gasteiger partial charge in [-0.1, -0.05) is 6.07 Å². The first-order chi connectivity index (χ1) is 9.54. The molecule has 0 aliphatic carbocycles. The summed E-state index contributed by atoms with van der Waals surface area (Å²) < 4.78 is 4.99. The number of thiophene rings is 1. The van der Waals surface area contributed by atoms with Crippen LogP contribution in [0.3, 0.4) is 0 Å². The highest BCUT2D eigenvalue weighted by Crippen LogP contribution is 2.13. The lowest BCUT2D eigenvalue weighted by Crippen LogP contribution is -2.44. The summed E-state index contributed by atoms with van der Waals surface area (Å²) in [6.45, 7) is 1.33. The highest BCUT2D eigenvalue weighted by molar-refractivity contribution is 7.09. The second kappa shape index (κ2) is 8.68. The second-order valence-corrected chi connectivity index (χ2v) is 5.40. The molecule has 0 aliphatic rings. The predicted octanol–water partition coefficient (Wildman–Crippen LogP) is 0.915. The molecule has 1 aromatic heterocycles. The Hall–Kier alpha value is -1.44. The fraction of sp³-hybridized carbons (Fsp3) is 0.538. The quantitative estimate of drug-likeness (QED) is 0.707. The Kier molecular flexibility index (Phi) is 7.21. The van der Waals surface area contributed by atoms with Crippen LogP contribution >= 0.6 is 11.3 Å². The van der Waals surface area contributed by atoms with Crippen molar-refractivity contribution in [3.63, 3.8) is 0 Å². The van der Waals surface area contributed by atoms with Crippen molar-refractivity contribution in [2.45, 2.75) is 25.4 Å². The summed E-state index contributed by atoms with van der Waals surface area (Å²) in [6.07, 6.45) is 0.0338. The Bertz CT molecular complexity index is 422. The van der Waals surface area contributed by atoms with Crippen molar-refractivity contribution in [3.8, 4) is 0 Å². The predicted molar refractivity (Wildman–Crippen MR) is 76.5 cm³/mol. The van der Waals surface area contributed by atoms with Crippen LogP contribution in [0.15, 0.2) is 17.5 Å². The van der Waals surface area contributed by atoms with Crippen molar-refractivity contribution in [3.05, 3.63) is 22.4 Å². The summed E-state index contributed by atoms with van der Waals surface area (Å²) >= 11 is 1.56. The van der Waals surface area contributed by atoms with E-state index in [1.54, 1.807) is 23.3 Å². The smallest absolute Gasteiger partial charge is 0.303 e. The summed E-state index contributed by atoms with van der Waals surface area (Å²) in [5.74, 6) is -1.19. The first kappa shape index (κ1) is 16.6. The van der Waals surface area contributed by atoms with Gasteiger partial charge in [0.25, 0.3) is 0 Å². The monoisotopic (exact) mass is 300 g/mol. The van der Waals surface area contributed by atoms with Gasteiger partial charge in [-0.15, -0.1) is 11.3 Å². The number of amides is 1. The Morgan fingerprint density at radius 2 is 2.30 bits per heavy atom. The zero-order chi connectivity index (χ0) is 15.0. The first-order valence-electron chi connectivity index (χ1n) is 6.32. The van der Waals surface area contributed by atoms with Crippen LogP contribution in [0.2, 0.25) is 0 Å². The van der Waals surface area contributed by atoms with Crippen molar-refractivity contribution in [2.24, 2.45) is 5.73 Å². The molecule has 3 N–H and O–H groups in total. The van der Waals surface area contributed by atoms with Crippen LogP contribution in [0.5, 0.6) is 0 Å². The molecule has 0 spiro atoms. The highest BCUT2D eigenvalue weighted by atomic mass is 32.1. The van der Waals surface area contributed by atoms with Crippen molar-refractivity contribution in [2.75, 3.05) is 20.3 Å². The lowest BCUT2D eigenvalue weighted by molar-refractivity contribution is -0.138. The molecular weight excluding hydrogens is 280 g/mol. The van der Waals surface area contributed by atoms with Gasteiger partial charge in [-0.2, -0.15) is 0 Å². The van der Waals surface area contributed by atoms with Crippen molar-refractivity contribution < 1.29 is 19.4 Å². The molecular formula is C13H20N2O4S. The number of hydrogen-bond donors (Lipinski definition) is 2. The third kappa shape index (κ3) is 5.68. The third-order valence-corrected chi connectivity index (χ3v) is 3.65. The van der Waals surface area contributed by atoms with Gasteiger partial charge in [0.15, 0.2) is 0 Å². The largest absolute Gasteiger partial charge is 0.481 e. The molecule has 0 aromatic carbocycles. The first-order valence-corrected chi connectivity index (χ1v) is 7.20. The molecule has 1 atom stereocenters. The van der Waals surface area contributed by atoms with E-state index in [0.29, 0.717) is 19.7 Å². The van der Waals surface area contributed by atoms with Gasteiger partial charge in [0.05, 0.1) is 19.2 Å². The minimum atomic E-state index is -0.949. The molecule has 7 heteroatoms. The van der Waals surface area contributed by atoms with E-state index in [4.69, 9.17) is 15.6 Å². The number of nitrogens with zero attached hydrogens (tertiary/aromatic N) is 1. The number of carbonyl (C=O) groups is 2. The van der Waals surface area contributed by atoms with Gasteiger partial charge in [0, 0.05) is 25.0 Å². The molecule has 6 nitrogen and oxygen atoms in total. The fourth-order valence-corrected chi connectivity index (χ4v) is 2.42. The maximum atomic E-state index is 12.2. The second-order valence-electron chi connectivity index (χ2n) is 4.37. The Labute approximate surface area is 122 Å². The Morgan fingerprint density at radius 1 is 1.55 bits per heavy atom. The maximum absolute atomic E-state index is 12.2. The number of hydrogen-bond acceptors (Lipinski definition) is 5. The Morgan fingerprint density at radius 3 is 2.85 bits per heavy atom. The molecule has 0 bridgehead atoms. The summed E-state index contributed by atoms with van der Waals surface area (Å²) in [7, 11) is 1.57. The molecule has 1 rings (SSSR count). The molecule has 0 saturated heterocycles. The standard InChI is InChI=1S/C13H20N2O4S/c1-19-7-6-15(9-10-3-2-8-20-10)13(18)11(14)4-5-12(16)17/h2-3,8,11H,4-7,9,14H2,1H3,(H,16,17). The van der Waals surface area contributed by atoms with Crippen LogP contribution in [-0.4, -0.2) is 48.2 Å². The molecule has 0 aliphatic heterocycles. The molecule has 1 unspecified atom stereocenters. The van der Waals surface area contributed by atoms with Crippen molar-refractivity contribution in [1.29, 1.82) is 0 Å². The molecule has 1 heterocycles. The lowest BCUT2D eigenvalue weighted by atomic mass is 10.1. The highest BCUT2D eigenvalue weighted by Gasteiger charge is 2.22. The van der Waals surface area contributed by atoms with Crippen LogP contribution in [0, 0.1) is 0 Å². The summed E-state index contributed by atoms with van der Waals surface area (Å²) in [5, 5.41) is 10.6. The lowest BCUT2D eigenvalue weighted by Gasteiger charge is -2.24. The van der Waals surface area contributed by atoms with E-state index in [0.717, 1.165) is 4.88 Å². The number of ether oxygens (including phenoxy) is 1. The number of methoxy groups -OCH3 is 1. The van der Waals surface area contributed by atoms with E-state index >= 15 is 0 Å². The summed E-state index contributed by atoms with van der Waals surface area (Å²) in [5.41, 5.74) is 5.78. The number of carboxylic acids is 1. The number of aliphatic carboxylic acids is 1. The number of carboxylic acid groups (broad SMARTS) is 1. The van der Waals surface area contributed by atoms with Crippen molar-refractivity contribution in [1.82, 2.24) is 4.90 Å². The zero-order valence-corrected chi connectivity index (χ0v) is 12.3. The molecule has 0 fully saturated rings. The van der Waals surface area contributed by atoms with Gasteiger partial charge in [-0.25, -0.2) is 0 Å². The summed E-state index contributed by atoms with van der Waals surface area (Å²) in [4.78, 5) is 25.4. The van der Waals surface area contributed by atoms with Crippen LogP contribution in [0.4, 0.5) is 0 Å². The van der Waals surface area contributed by atoms with Crippen LogP contribution in [0.25, 0.3) is 0 Å². The van der Waals surface area contributed by atoms with Crippen molar-refractivity contribution >= 4 is 23.2 Å². The van der Waals surface area contributed by atoms with E-state index in [1.165, 1.54) is 0 Å². The number of rotatable bonds is 9. The van der Waals surface area contributed by atoms with Crippen LogP contribution in [0.1, 0.15) is 17.7 Å². The number of nitrogens with two attached hydrogens (primary N) is 1. The Balaban J connectivity index is 2.60. The van der Waals surface area contributed by atoms with E-state index in [1.807, 2.05) is 17.5 Å². The fourth-order valence-electron chi connectivity index (χ4n) is 1.70. The SMILES string of the molecule is COCCN(Cc1cccs1)C(=O)C(N)CCC(=O)O. The van der Waals surface area contributed by atoms with Gasteiger partial charge < -0.3 is 20.5 Å². The average Bonchev–Trinajstić information content (AvgIpc) is 2.92. The van der Waals surface area contributed by atoms with E-state index in [2.05, 4.69) is 0 Å².